The van der Waals surface area contributed by atoms with E-state index in [2.05, 4.69) is 253 Å². The highest BCUT2D eigenvalue weighted by Gasteiger charge is 2.43. The van der Waals surface area contributed by atoms with Crippen LogP contribution in [0.25, 0.3) is 44.8 Å². The van der Waals surface area contributed by atoms with Gasteiger partial charge in [-0.2, -0.15) is 0 Å². The largest absolute Gasteiger partial charge is 0.310 e. The van der Waals surface area contributed by atoms with Crippen LogP contribution >= 0.6 is 0 Å². The number of anilines is 6. The molecule has 0 atom stereocenters. The third-order valence-corrected chi connectivity index (χ3v) is 14.9. The molecule has 1 aliphatic carbocycles. The van der Waals surface area contributed by atoms with Gasteiger partial charge in [-0.1, -0.05) is 208 Å². The fraction of sp³-hybridized carbons (Fsp3) is 0.130. The Morgan fingerprint density at radius 1 is 0.352 bits per heavy atom. The standard InChI is InChI=1S/C69H60N2/c1-3-51-25-19-27-53(47-51)23-15-17-45-69(46-18-16-24-54-28-20-26-52(4-2)48-54)65-49-59(70(57-33-7-5-8-34-57)67-39-21-31-55-29-11-13-37-61(55)67)41-43-63(65)64-44-42-60(50-66(64)69)71(58-35-9-6-10-36-58)68-40-22-32-56-30-12-14-38-62(56)68/h3-14,19-22,25-44,47-50H,1-2,15-18,23-24,45-46H2. The van der Waals surface area contributed by atoms with Crippen molar-refractivity contribution in [1.82, 2.24) is 0 Å². The summed E-state index contributed by atoms with van der Waals surface area (Å²) in [5.74, 6) is 0. The van der Waals surface area contributed by atoms with Gasteiger partial charge in [0.15, 0.2) is 0 Å². The highest BCUT2D eigenvalue weighted by atomic mass is 15.1. The highest BCUT2D eigenvalue weighted by Crippen LogP contribution is 2.57. The molecule has 0 N–H and O–H groups in total. The number of fused-ring (bicyclic) bond motifs is 5. The van der Waals surface area contributed by atoms with Crippen LogP contribution in [0.1, 0.15) is 71.9 Å². The van der Waals surface area contributed by atoms with Gasteiger partial charge in [-0.05, 0) is 154 Å². The van der Waals surface area contributed by atoms with E-state index in [-0.39, 0.29) is 5.41 Å². The van der Waals surface area contributed by atoms with Crippen molar-refractivity contribution in [3.63, 3.8) is 0 Å². The zero-order chi connectivity index (χ0) is 48.0. The van der Waals surface area contributed by atoms with Crippen LogP contribution in [-0.2, 0) is 18.3 Å². The Balaban J connectivity index is 1.09. The third kappa shape index (κ3) is 9.10. The molecule has 11 rings (SSSR count). The molecule has 0 saturated heterocycles. The lowest BCUT2D eigenvalue weighted by Gasteiger charge is -2.35. The van der Waals surface area contributed by atoms with E-state index >= 15 is 0 Å². The average Bonchev–Trinajstić information content (AvgIpc) is 3.69. The predicted molar refractivity (Wildman–Crippen MR) is 305 cm³/mol. The van der Waals surface area contributed by atoms with Crippen LogP contribution in [0.4, 0.5) is 34.1 Å². The summed E-state index contributed by atoms with van der Waals surface area (Å²) in [4.78, 5) is 4.97. The molecule has 0 heterocycles. The highest BCUT2D eigenvalue weighted by molar-refractivity contribution is 6.01. The van der Waals surface area contributed by atoms with Gasteiger partial charge in [0.05, 0.1) is 11.4 Å². The molecule has 0 unspecified atom stereocenters. The van der Waals surface area contributed by atoms with E-state index in [4.69, 9.17) is 0 Å². The number of para-hydroxylation sites is 2. The molecule has 0 amide bonds. The zero-order valence-electron chi connectivity index (χ0n) is 40.6. The summed E-state index contributed by atoms with van der Waals surface area (Å²) >= 11 is 0. The Morgan fingerprint density at radius 2 is 0.761 bits per heavy atom. The quantitative estimate of drug-likeness (QED) is 0.0792. The summed E-state index contributed by atoms with van der Waals surface area (Å²) in [5, 5.41) is 4.92. The number of benzene rings is 10. The summed E-state index contributed by atoms with van der Waals surface area (Å²) in [5.41, 5.74) is 17.4. The summed E-state index contributed by atoms with van der Waals surface area (Å²) in [7, 11) is 0. The molecule has 0 aliphatic heterocycles. The molecule has 2 nitrogen and oxygen atoms in total. The number of hydrogen-bond donors (Lipinski definition) is 0. The Kier molecular flexibility index (Phi) is 13.0. The second kappa shape index (κ2) is 20.4. The molecule has 0 saturated carbocycles. The van der Waals surface area contributed by atoms with Crippen molar-refractivity contribution in [3.05, 3.63) is 277 Å². The zero-order valence-corrected chi connectivity index (χ0v) is 40.6. The molecule has 346 valence electrons. The first-order valence-corrected chi connectivity index (χ1v) is 25.5. The summed E-state index contributed by atoms with van der Waals surface area (Å²) < 4.78 is 0. The fourth-order valence-electron chi connectivity index (χ4n) is 11.5. The van der Waals surface area contributed by atoms with E-state index in [1.165, 1.54) is 88.8 Å². The van der Waals surface area contributed by atoms with Crippen molar-refractivity contribution < 1.29 is 0 Å². The number of nitrogens with zero attached hydrogens (tertiary/aromatic N) is 2. The van der Waals surface area contributed by atoms with Crippen molar-refractivity contribution in [3.8, 4) is 11.1 Å². The van der Waals surface area contributed by atoms with E-state index in [1.807, 2.05) is 12.2 Å². The van der Waals surface area contributed by atoms with E-state index in [0.29, 0.717) is 0 Å². The minimum absolute atomic E-state index is 0.259. The van der Waals surface area contributed by atoms with Crippen LogP contribution in [-0.4, -0.2) is 0 Å². The van der Waals surface area contributed by atoms with E-state index < -0.39 is 0 Å². The Morgan fingerprint density at radius 3 is 1.21 bits per heavy atom. The second-order valence-electron chi connectivity index (χ2n) is 19.2. The number of unbranched alkanes of at least 4 members (excludes halogenated alkanes) is 2. The van der Waals surface area contributed by atoms with Crippen LogP contribution in [0.2, 0.25) is 0 Å². The molecule has 1 aliphatic rings. The summed E-state index contributed by atoms with van der Waals surface area (Å²) in [6, 6.07) is 85.4. The van der Waals surface area contributed by atoms with Crippen LogP contribution in [0.5, 0.6) is 0 Å². The first-order valence-electron chi connectivity index (χ1n) is 25.5. The van der Waals surface area contributed by atoms with Crippen LogP contribution in [0, 0.1) is 0 Å². The lowest BCUT2D eigenvalue weighted by molar-refractivity contribution is 0.407. The van der Waals surface area contributed by atoms with Crippen molar-refractivity contribution in [2.45, 2.75) is 56.8 Å². The number of hydrogen-bond acceptors (Lipinski definition) is 2. The van der Waals surface area contributed by atoms with E-state index in [1.54, 1.807) is 0 Å². The third-order valence-electron chi connectivity index (χ3n) is 14.9. The number of aryl methyl sites for hydroxylation is 2. The molecule has 0 aromatic heterocycles. The smallest absolute Gasteiger partial charge is 0.0540 e. The van der Waals surface area contributed by atoms with Crippen LogP contribution < -0.4 is 9.80 Å². The summed E-state index contributed by atoms with van der Waals surface area (Å²) in [6.07, 6.45) is 12.4. The molecule has 0 spiro atoms. The molecule has 2 heteroatoms. The van der Waals surface area contributed by atoms with E-state index in [0.717, 1.165) is 62.7 Å². The minimum atomic E-state index is -0.259. The number of rotatable bonds is 18. The molecule has 71 heavy (non-hydrogen) atoms. The minimum Gasteiger partial charge on any atom is -0.310 e. The molecule has 0 radical (unpaired) electrons. The molecular formula is C69H60N2. The monoisotopic (exact) mass is 916 g/mol. The van der Waals surface area contributed by atoms with Gasteiger partial charge in [-0.15, -0.1) is 0 Å². The van der Waals surface area contributed by atoms with Gasteiger partial charge in [0.25, 0.3) is 0 Å². The lowest BCUT2D eigenvalue weighted by atomic mass is 9.70. The van der Waals surface area contributed by atoms with Crippen LogP contribution in [0.15, 0.2) is 244 Å². The van der Waals surface area contributed by atoms with Gasteiger partial charge in [0.1, 0.15) is 0 Å². The van der Waals surface area contributed by atoms with Gasteiger partial charge in [0.2, 0.25) is 0 Å². The molecular weight excluding hydrogens is 857 g/mol. The Bertz CT molecular complexity index is 3250. The first kappa shape index (κ1) is 45.3. The molecule has 10 aromatic carbocycles. The van der Waals surface area contributed by atoms with Crippen molar-refractivity contribution in [1.29, 1.82) is 0 Å². The maximum atomic E-state index is 4.07. The first-order chi connectivity index (χ1) is 35.1. The van der Waals surface area contributed by atoms with Gasteiger partial charge < -0.3 is 9.80 Å². The maximum absolute atomic E-state index is 4.07. The van der Waals surface area contributed by atoms with Crippen LogP contribution in [0.3, 0.4) is 0 Å². The van der Waals surface area contributed by atoms with Gasteiger partial charge in [-0.3, -0.25) is 0 Å². The maximum Gasteiger partial charge on any atom is 0.0540 e. The Labute approximate surface area is 420 Å². The fourth-order valence-corrected chi connectivity index (χ4v) is 11.5. The SMILES string of the molecule is C=Cc1cccc(CCCCC2(CCCCc3cccc(C=C)c3)c3cc(N(c4ccccc4)c4cccc5ccccc45)ccc3-c3ccc(N(c4ccccc4)c4cccc5ccccc45)cc32)c1. The predicted octanol–water partition coefficient (Wildman–Crippen LogP) is 19.3. The van der Waals surface area contributed by atoms with Crippen molar-refractivity contribution in [2.24, 2.45) is 0 Å². The molecule has 10 aromatic rings. The Hall–Kier alpha value is -8.20. The summed E-state index contributed by atoms with van der Waals surface area (Å²) in [6.45, 7) is 8.14. The van der Waals surface area contributed by atoms with E-state index in [9.17, 15) is 0 Å². The van der Waals surface area contributed by atoms with Gasteiger partial charge >= 0.3 is 0 Å². The molecule has 0 fully saturated rings. The molecule has 0 bridgehead atoms. The normalized spacial score (nSPS) is 12.3. The van der Waals surface area contributed by atoms with Crippen molar-refractivity contribution in [2.75, 3.05) is 9.80 Å². The van der Waals surface area contributed by atoms with Gasteiger partial charge in [0, 0.05) is 38.9 Å². The van der Waals surface area contributed by atoms with Crippen molar-refractivity contribution >= 4 is 67.8 Å². The topological polar surface area (TPSA) is 6.48 Å². The van der Waals surface area contributed by atoms with Gasteiger partial charge in [-0.25, -0.2) is 0 Å². The lowest BCUT2D eigenvalue weighted by Crippen LogP contribution is -2.26. The second-order valence-corrected chi connectivity index (χ2v) is 19.2. The average molecular weight is 917 g/mol.